The second-order valence-electron chi connectivity index (χ2n) is 5.47. The van der Waals surface area contributed by atoms with Crippen molar-refractivity contribution in [2.45, 2.75) is 26.2 Å². The lowest BCUT2D eigenvalue weighted by molar-refractivity contribution is 0.0594. The highest BCUT2D eigenvalue weighted by Gasteiger charge is 2.14. The average molecular weight is 296 g/mol. The van der Waals surface area contributed by atoms with Crippen LogP contribution in [0.4, 0.5) is 5.69 Å². The molecule has 0 fully saturated rings. The highest BCUT2D eigenvalue weighted by atomic mass is 16.5. The van der Waals surface area contributed by atoms with Crippen LogP contribution in [0, 0.1) is 0 Å². The van der Waals surface area contributed by atoms with Gasteiger partial charge in [-0.05, 0) is 54.2 Å². The number of nitrogens with zero attached hydrogens (tertiary/aromatic N) is 1. The zero-order valence-corrected chi connectivity index (χ0v) is 13.0. The average Bonchev–Trinajstić information content (AvgIpc) is 2.60. The summed E-state index contributed by atoms with van der Waals surface area (Å²) < 4.78 is 4.69. The molecular weight excluding hydrogens is 276 g/mol. The standard InChI is InChI=1S/C18H20N2O2/c1-3-12-10-17-13(5-4-8-19-17)9-15(12)14-6-7-16(20-11-14)18(21)22-2/h6-7,9-11,19H,3-5,8H2,1-2H3. The van der Waals surface area contributed by atoms with Crippen molar-refractivity contribution in [1.29, 1.82) is 0 Å². The number of carbonyl (C=O) groups excluding carboxylic acids is 1. The minimum absolute atomic E-state index is 0.337. The number of fused-ring (bicyclic) bond motifs is 1. The molecule has 0 unspecified atom stereocenters. The predicted octanol–water partition coefficient (Wildman–Crippen LogP) is 3.46. The summed E-state index contributed by atoms with van der Waals surface area (Å²) in [6, 6.07) is 8.17. The Morgan fingerprint density at radius 2 is 2.23 bits per heavy atom. The summed E-state index contributed by atoms with van der Waals surface area (Å²) in [5.74, 6) is -0.406. The highest BCUT2D eigenvalue weighted by molar-refractivity contribution is 5.87. The van der Waals surface area contributed by atoms with Gasteiger partial charge in [0.25, 0.3) is 0 Å². The van der Waals surface area contributed by atoms with Crippen molar-refractivity contribution in [2.24, 2.45) is 0 Å². The fraction of sp³-hybridized carbons (Fsp3) is 0.333. The Balaban J connectivity index is 2.01. The normalized spacial score (nSPS) is 13.2. The van der Waals surface area contributed by atoms with Crippen molar-refractivity contribution in [3.8, 4) is 11.1 Å². The van der Waals surface area contributed by atoms with Gasteiger partial charge in [0.2, 0.25) is 0 Å². The van der Waals surface area contributed by atoms with E-state index in [-0.39, 0.29) is 0 Å². The van der Waals surface area contributed by atoms with Gasteiger partial charge in [-0.2, -0.15) is 0 Å². The van der Waals surface area contributed by atoms with Crippen LogP contribution in [-0.4, -0.2) is 24.6 Å². The van der Waals surface area contributed by atoms with E-state index >= 15 is 0 Å². The number of carbonyl (C=O) groups is 1. The van der Waals surface area contributed by atoms with E-state index in [1.807, 2.05) is 6.07 Å². The largest absolute Gasteiger partial charge is 0.464 e. The Hall–Kier alpha value is -2.36. The van der Waals surface area contributed by atoms with E-state index in [1.165, 1.54) is 29.5 Å². The number of anilines is 1. The van der Waals surface area contributed by atoms with Crippen LogP contribution < -0.4 is 5.32 Å². The Morgan fingerprint density at radius 1 is 1.36 bits per heavy atom. The summed E-state index contributed by atoms with van der Waals surface area (Å²) in [6.07, 6.45) is 4.98. The molecule has 0 amide bonds. The highest BCUT2D eigenvalue weighted by Crippen LogP contribution is 2.32. The molecule has 4 heteroatoms. The molecule has 1 N–H and O–H groups in total. The SMILES string of the molecule is CCc1cc2c(cc1-c1ccc(C(=O)OC)nc1)CCCN2. The van der Waals surface area contributed by atoms with Gasteiger partial charge >= 0.3 is 5.97 Å². The number of rotatable bonds is 3. The minimum Gasteiger partial charge on any atom is -0.464 e. The molecule has 1 aromatic carbocycles. The van der Waals surface area contributed by atoms with Gasteiger partial charge < -0.3 is 10.1 Å². The van der Waals surface area contributed by atoms with Crippen LogP contribution in [-0.2, 0) is 17.6 Å². The first-order chi connectivity index (χ1) is 10.7. The smallest absolute Gasteiger partial charge is 0.356 e. The summed E-state index contributed by atoms with van der Waals surface area (Å²) in [5, 5.41) is 3.47. The number of aryl methyl sites for hydroxylation is 2. The molecular formula is C18H20N2O2. The van der Waals surface area contributed by atoms with Crippen LogP contribution in [0.25, 0.3) is 11.1 Å². The fourth-order valence-electron chi connectivity index (χ4n) is 2.90. The number of benzene rings is 1. The van der Waals surface area contributed by atoms with Crippen LogP contribution in [0.3, 0.4) is 0 Å². The molecule has 0 aliphatic carbocycles. The summed E-state index contributed by atoms with van der Waals surface area (Å²) in [5.41, 5.74) is 6.48. The summed E-state index contributed by atoms with van der Waals surface area (Å²) in [4.78, 5) is 15.7. The molecule has 3 rings (SSSR count). The summed E-state index contributed by atoms with van der Waals surface area (Å²) >= 11 is 0. The third-order valence-electron chi connectivity index (χ3n) is 4.12. The van der Waals surface area contributed by atoms with Crippen LogP contribution in [0.15, 0.2) is 30.5 Å². The molecule has 1 aromatic heterocycles. The lowest BCUT2D eigenvalue weighted by atomic mass is 9.92. The number of aromatic nitrogens is 1. The monoisotopic (exact) mass is 296 g/mol. The maximum atomic E-state index is 11.5. The van der Waals surface area contributed by atoms with E-state index in [0.29, 0.717) is 5.69 Å². The second-order valence-corrected chi connectivity index (χ2v) is 5.47. The molecule has 1 aliphatic rings. The number of ether oxygens (including phenoxy) is 1. The Morgan fingerprint density at radius 3 is 2.91 bits per heavy atom. The van der Waals surface area contributed by atoms with Gasteiger partial charge in [-0.1, -0.05) is 13.0 Å². The predicted molar refractivity (Wildman–Crippen MR) is 87.2 cm³/mol. The van der Waals surface area contributed by atoms with Gasteiger partial charge in [-0.25, -0.2) is 9.78 Å². The Labute approximate surface area is 130 Å². The van der Waals surface area contributed by atoms with Crippen molar-refractivity contribution in [1.82, 2.24) is 4.98 Å². The molecule has 114 valence electrons. The summed E-state index contributed by atoms with van der Waals surface area (Å²) in [6.45, 7) is 3.20. The first kappa shape index (κ1) is 14.6. The van der Waals surface area contributed by atoms with E-state index in [9.17, 15) is 4.79 Å². The lowest BCUT2D eigenvalue weighted by Gasteiger charge is -2.21. The lowest BCUT2D eigenvalue weighted by Crippen LogP contribution is -2.12. The third-order valence-corrected chi connectivity index (χ3v) is 4.12. The Bertz CT molecular complexity index is 693. The number of hydrogen-bond acceptors (Lipinski definition) is 4. The van der Waals surface area contributed by atoms with Crippen LogP contribution >= 0.6 is 0 Å². The van der Waals surface area contributed by atoms with Crippen LogP contribution in [0.1, 0.15) is 35.0 Å². The van der Waals surface area contributed by atoms with E-state index in [2.05, 4.69) is 29.4 Å². The molecule has 0 saturated carbocycles. The van der Waals surface area contributed by atoms with Gasteiger partial charge in [-0.15, -0.1) is 0 Å². The van der Waals surface area contributed by atoms with Crippen LogP contribution in [0.5, 0.6) is 0 Å². The van der Waals surface area contributed by atoms with E-state index in [4.69, 9.17) is 4.74 Å². The minimum atomic E-state index is -0.406. The van der Waals surface area contributed by atoms with Gasteiger partial charge in [0, 0.05) is 24.0 Å². The number of esters is 1. The third kappa shape index (κ3) is 2.69. The maximum Gasteiger partial charge on any atom is 0.356 e. The van der Waals surface area contributed by atoms with Crippen molar-refractivity contribution in [3.63, 3.8) is 0 Å². The topological polar surface area (TPSA) is 51.2 Å². The van der Waals surface area contributed by atoms with Crippen LogP contribution in [0.2, 0.25) is 0 Å². The number of pyridine rings is 1. The molecule has 0 radical (unpaired) electrons. The first-order valence-corrected chi connectivity index (χ1v) is 7.67. The van der Waals surface area contributed by atoms with Crippen molar-refractivity contribution in [3.05, 3.63) is 47.3 Å². The van der Waals surface area contributed by atoms with Gasteiger partial charge in [0.15, 0.2) is 0 Å². The molecule has 0 spiro atoms. The van der Waals surface area contributed by atoms with Crippen molar-refractivity contribution >= 4 is 11.7 Å². The maximum absolute atomic E-state index is 11.5. The molecule has 0 atom stereocenters. The number of methoxy groups -OCH3 is 1. The van der Waals surface area contributed by atoms with Gasteiger partial charge in [0.05, 0.1) is 7.11 Å². The summed E-state index contributed by atoms with van der Waals surface area (Å²) in [7, 11) is 1.36. The molecule has 0 saturated heterocycles. The van der Waals surface area contributed by atoms with E-state index < -0.39 is 5.97 Å². The number of hydrogen-bond donors (Lipinski definition) is 1. The molecule has 4 nitrogen and oxygen atoms in total. The zero-order chi connectivity index (χ0) is 15.5. The van der Waals surface area contributed by atoms with E-state index in [0.717, 1.165) is 31.4 Å². The molecule has 2 heterocycles. The van der Waals surface area contributed by atoms with E-state index in [1.54, 1.807) is 12.3 Å². The Kier molecular flexibility index (Phi) is 4.09. The van der Waals surface area contributed by atoms with Gasteiger partial charge in [-0.3, -0.25) is 0 Å². The second kappa shape index (κ2) is 6.18. The molecule has 22 heavy (non-hydrogen) atoms. The fourth-order valence-corrected chi connectivity index (χ4v) is 2.90. The number of nitrogens with one attached hydrogen (secondary N) is 1. The zero-order valence-electron chi connectivity index (χ0n) is 13.0. The van der Waals surface area contributed by atoms with Gasteiger partial charge in [0.1, 0.15) is 5.69 Å². The first-order valence-electron chi connectivity index (χ1n) is 7.67. The molecule has 0 bridgehead atoms. The van der Waals surface area contributed by atoms with Crippen molar-refractivity contribution < 1.29 is 9.53 Å². The quantitative estimate of drug-likeness (QED) is 0.881. The van der Waals surface area contributed by atoms with Crippen molar-refractivity contribution in [2.75, 3.05) is 19.0 Å². The molecule has 2 aromatic rings. The molecule has 1 aliphatic heterocycles.